The Labute approximate surface area is 325 Å². The molecule has 2 aliphatic heterocycles. The molecule has 0 radical (unpaired) electrons. The first-order valence-electron chi connectivity index (χ1n) is 18.9. The van der Waals surface area contributed by atoms with E-state index in [1.54, 1.807) is 54.8 Å². The number of hydrogen-bond donors (Lipinski definition) is 3. The van der Waals surface area contributed by atoms with E-state index in [-0.39, 0.29) is 46.5 Å². The van der Waals surface area contributed by atoms with Gasteiger partial charge in [-0.3, -0.25) is 34.2 Å². The SMILES string of the molecule is Cc1nc2cc([C@@H]3CCCCN3C(=O)OC(C)(C)C)[nH]n2c(=O)c1C.Cc1nc2cc([C@@H]3CCCCN3C(=O)c3ccccc3NS(C)(=O)=O)[nH]n2c(=O)c1C. The molecule has 2 atom stereocenters. The number of likely N-dealkylation sites (tertiary alicyclic amines) is 2. The molecule has 16 nitrogen and oxygen atoms in total. The third kappa shape index (κ3) is 8.51. The molecular formula is C39H51N9O7S. The molecule has 5 aromatic rings. The largest absolute Gasteiger partial charge is 0.444 e. The van der Waals surface area contributed by atoms with E-state index in [0.29, 0.717) is 41.2 Å². The predicted molar refractivity (Wildman–Crippen MR) is 213 cm³/mol. The molecule has 0 unspecified atom stereocenters. The maximum atomic E-state index is 13.5. The van der Waals surface area contributed by atoms with Gasteiger partial charge in [0.25, 0.3) is 17.0 Å². The highest BCUT2D eigenvalue weighted by Gasteiger charge is 2.34. The van der Waals surface area contributed by atoms with E-state index in [0.717, 1.165) is 61.9 Å². The molecule has 2 amide bonds. The van der Waals surface area contributed by atoms with Crippen LogP contribution in [0.3, 0.4) is 0 Å². The maximum absolute atomic E-state index is 13.5. The van der Waals surface area contributed by atoms with Crippen LogP contribution in [0.5, 0.6) is 0 Å². The van der Waals surface area contributed by atoms with Crippen LogP contribution in [-0.4, -0.2) is 84.4 Å². The van der Waals surface area contributed by atoms with Gasteiger partial charge in [-0.25, -0.2) is 32.2 Å². The second-order valence-corrected chi connectivity index (χ2v) is 17.4. The van der Waals surface area contributed by atoms with E-state index in [9.17, 15) is 27.6 Å². The van der Waals surface area contributed by atoms with Gasteiger partial charge in [0.15, 0.2) is 11.3 Å². The van der Waals surface area contributed by atoms with Crippen molar-refractivity contribution in [3.8, 4) is 0 Å². The zero-order valence-corrected chi connectivity index (χ0v) is 34.0. The Kier molecular flexibility index (Phi) is 11.2. The average Bonchev–Trinajstić information content (AvgIpc) is 3.77. The highest BCUT2D eigenvalue weighted by atomic mass is 32.2. The lowest BCUT2D eigenvalue weighted by Gasteiger charge is -2.36. The molecule has 0 saturated carbocycles. The maximum Gasteiger partial charge on any atom is 0.410 e. The molecule has 6 heterocycles. The third-order valence-corrected chi connectivity index (χ3v) is 10.9. The number of hydrogen-bond acceptors (Lipinski definition) is 9. The van der Waals surface area contributed by atoms with E-state index in [4.69, 9.17) is 4.74 Å². The highest BCUT2D eigenvalue weighted by Crippen LogP contribution is 2.34. The molecular weight excluding hydrogens is 739 g/mol. The van der Waals surface area contributed by atoms with Crippen molar-refractivity contribution in [3.05, 3.63) is 96.6 Å². The van der Waals surface area contributed by atoms with E-state index in [1.165, 1.54) is 9.03 Å². The summed E-state index contributed by atoms with van der Waals surface area (Å²) in [6, 6.07) is 9.85. The highest BCUT2D eigenvalue weighted by molar-refractivity contribution is 7.92. The van der Waals surface area contributed by atoms with Crippen molar-refractivity contribution in [3.63, 3.8) is 0 Å². The average molecular weight is 790 g/mol. The number of fused-ring (bicyclic) bond motifs is 2. The van der Waals surface area contributed by atoms with Gasteiger partial charge in [0.05, 0.1) is 41.0 Å². The van der Waals surface area contributed by atoms with Gasteiger partial charge in [-0.1, -0.05) is 12.1 Å². The number of rotatable bonds is 5. The number of piperidine rings is 2. The number of aromatic nitrogens is 6. The summed E-state index contributed by atoms with van der Waals surface area (Å²) in [5.41, 5.74) is 4.98. The molecule has 17 heteroatoms. The molecule has 2 saturated heterocycles. The van der Waals surface area contributed by atoms with E-state index < -0.39 is 15.6 Å². The number of nitrogens with zero attached hydrogens (tertiary/aromatic N) is 6. The van der Waals surface area contributed by atoms with Crippen LogP contribution >= 0.6 is 0 Å². The number of anilines is 1. The molecule has 0 bridgehead atoms. The normalized spacial score (nSPS) is 17.8. The number of amides is 2. The van der Waals surface area contributed by atoms with Crippen LogP contribution in [-0.2, 0) is 14.8 Å². The number of benzene rings is 1. The Morgan fingerprint density at radius 3 is 1.77 bits per heavy atom. The number of sulfonamides is 1. The quantitative estimate of drug-likeness (QED) is 0.207. The van der Waals surface area contributed by atoms with Crippen LogP contribution in [0.4, 0.5) is 10.5 Å². The fourth-order valence-electron chi connectivity index (χ4n) is 7.22. The molecule has 7 rings (SSSR count). The second-order valence-electron chi connectivity index (χ2n) is 15.7. The number of carbonyl (C=O) groups is 2. The first-order valence-corrected chi connectivity index (χ1v) is 20.8. The Hall–Kier alpha value is -5.45. The molecule has 2 aliphatic rings. The summed E-state index contributed by atoms with van der Waals surface area (Å²) in [4.78, 5) is 63.6. The fraction of sp³-hybridized carbons (Fsp3) is 0.487. The zero-order valence-electron chi connectivity index (χ0n) is 33.2. The summed E-state index contributed by atoms with van der Waals surface area (Å²) in [5, 5.41) is 6.27. The summed E-state index contributed by atoms with van der Waals surface area (Å²) < 4.78 is 34.3. The van der Waals surface area contributed by atoms with Crippen molar-refractivity contribution in [2.24, 2.45) is 0 Å². The van der Waals surface area contributed by atoms with Crippen molar-refractivity contribution in [1.29, 1.82) is 0 Å². The van der Waals surface area contributed by atoms with Gasteiger partial charge in [-0.15, -0.1) is 0 Å². The molecule has 1 aromatic carbocycles. The van der Waals surface area contributed by atoms with Gasteiger partial charge in [0.1, 0.15) is 5.60 Å². The van der Waals surface area contributed by atoms with Gasteiger partial charge in [-0.05, 0) is 99.1 Å². The van der Waals surface area contributed by atoms with Gasteiger partial charge in [-0.2, -0.15) is 0 Å². The van der Waals surface area contributed by atoms with E-state index >= 15 is 0 Å². The van der Waals surface area contributed by atoms with Gasteiger partial charge in [0.2, 0.25) is 10.0 Å². The standard InChI is InChI=1S/C21H25N5O4S.C18H26N4O3/c1-13-14(2)22-19-12-17(23-26(19)20(13)27)18-10-6-7-11-25(18)21(28)15-8-4-5-9-16(15)24-31(3,29)30;1-11-12(2)19-15-10-13(20-22(15)16(11)23)14-8-6-7-9-21(14)17(24)25-18(3,4)5/h4-5,8-9,12,18,23-24H,6-7,10-11H2,1-3H3;10,14,20H,6-9H2,1-5H3/t18-;14-/m00/s1. The number of aryl methyl sites for hydroxylation is 2. The summed E-state index contributed by atoms with van der Waals surface area (Å²) in [6.45, 7) is 13.9. The number of aromatic amines is 2. The van der Waals surface area contributed by atoms with Crippen LogP contribution in [0.2, 0.25) is 0 Å². The molecule has 56 heavy (non-hydrogen) atoms. The van der Waals surface area contributed by atoms with Crippen LogP contribution in [0.15, 0.2) is 46.0 Å². The lowest BCUT2D eigenvalue weighted by molar-refractivity contribution is 0.00895. The minimum absolute atomic E-state index is 0.103. The van der Waals surface area contributed by atoms with Gasteiger partial charge in [0, 0.05) is 47.7 Å². The van der Waals surface area contributed by atoms with Crippen molar-refractivity contribution >= 4 is 39.0 Å². The molecule has 0 spiro atoms. The predicted octanol–water partition coefficient (Wildman–Crippen LogP) is 5.48. The summed E-state index contributed by atoms with van der Waals surface area (Å²) in [5.74, 6) is -0.261. The van der Waals surface area contributed by atoms with E-state index in [1.807, 2.05) is 39.8 Å². The van der Waals surface area contributed by atoms with Gasteiger partial charge >= 0.3 is 6.09 Å². The van der Waals surface area contributed by atoms with E-state index in [2.05, 4.69) is 24.9 Å². The van der Waals surface area contributed by atoms with Crippen molar-refractivity contribution in [2.45, 2.75) is 105 Å². The number of H-pyrrole nitrogens is 2. The lowest BCUT2D eigenvalue weighted by Crippen LogP contribution is -2.42. The van der Waals surface area contributed by atoms with Crippen LogP contribution < -0.4 is 15.8 Å². The lowest BCUT2D eigenvalue weighted by atomic mass is 9.98. The molecule has 3 N–H and O–H groups in total. The minimum atomic E-state index is -3.53. The molecule has 2 fully saturated rings. The fourth-order valence-corrected chi connectivity index (χ4v) is 7.80. The first-order chi connectivity index (χ1) is 26.3. The molecule has 0 aliphatic carbocycles. The minimum Gasteiger partial charge on any atom is -0.444 e. The Bertz CT molecular complexity index is 2530. The van der Waals surface area contributed by atoms with Crippen molar-refractivity contribution < 1.29 is 22.7 Å². The Morgan fingerprint density at radius 1 is 0.786 bits per heavy atom. The zero-order chi connectivity index (χ0) is 40.7. The number of ether oxygens (including phenoxy) is 1. The van der Waals surface area contributed by atoms with Crippen LogP contribution in [0, 0.1) is 27.7 Å². The number of para-hydroxylation sites is 1. The summed E-state index contributed by atoms with van der Waals surface area (Å²) in [7, 11) is -3.53. The van der Waals surface area contributed by atoms with Crippen molar-refractivity contribution in [1.82, 2.24) is 39.0 Å². The number of carbonyl (C=O) groups excluding carboxylic acids is 2. The van der Waals surface area contributed by atoms with Crippen LogP contribution in [0.25, 0.3) is 11.3 Å². The molecule has 300 valence electrons. The first kappa shape index (κ1) is 40.2. The number of nitrogens with one attached hydrogen (secondary N) is 3. The molecule has 4 aromatic heterocycles. The third-order valence-electron chi connectivity index (χ3n) is 10.3. The Balaban J connectivity index is 0.000000194. The van der Waals surface area contributed by atoms with Crippen molar-refractivity contribution in [2.75, 3.05) is 24.1 Å². The van der Waals surface area contributed by atoms with Gasteiger partial charge < -0.3 is 9.64 Å². The second kappa shape index (κ2) is 15.6. The summed E-state index contributed by atoms with van der Waals surface area (Å²) in [6.07, 6.45) is 6.06. The van der Waals surface area contributed by atoms with Crippen LogP contribution in [0.1, 0.15) is 116 Å². The monoisotopic (exact) mass is 789 g/mol. The smallest absolute Gasteiger partial charge is 0.410 e. The topological polar surface area (TPSA) is 196 Å². The Morgan fingerprint density at radius 2 is 1.27 bits per heavy atom. The summed E-state index contributed by atoms with van der Waals surface area (Å²) >= 11 is 0.